The molecule has 0 N–H and O–H groups in total. The number of fused-ring (bicyclic) bond motifs is 1. The number of amides is 1. The minimum Gasteiger partial charge on any atom is -0.368 e. The lowest BCUT2D eigenvalue weighted by molar-refractivity contribution is 0.0738. The van der Waals surface area contributed by atoms with Gasteiger partial charge in [0.1, 0.15) is 0 Å². The molecule has 1 amide bonds. The first-order valence-corrected chi connectivity index (χ1v) is 11.9. The Morgan fingerprint density at radius 1 is 0.971 bits per heavy atom. The van der Waals surface area contributed by atoms with Gasteiger partial charge in [-0.2, -0.15) is 5.10 Å². The molecule has 174 valence electrons. The van der Waals surface area contributed by atoms with E-state index in [0.717, 1.165) is 29.9 Å². The van der Waals surface area contributed by atoms with Crippen LogP contribution in [0.3, 0.4) is 0 Å². The van der Waals surface area contributed by atoms with Crippen molar-refractivity contribution < 1.29 is 4.79 Å². The highest BCUT2D eigenvalue weighted by Crippen LogP contribution is 2.33. The predicted octanol–water partition coefficient (Wildman–Crippen LogP) is 4.84. The first-order valence-electron chi connectivity index (χ1n) is 11.5. The Bertz CT molecular complexity index is 1340. The number of hydrogen-bond acceptors (Lipinski definition) is 5. The number of rotatable bonds is 4. The summed E-state index contributed by atoms with van der Waals surface area (Å²) >= 11 is 6.26. The summed E-state index contributed by atoms with van der Waals surface area (Å²) in [5.41, 5.74) is 5.60. The number of aromatic nitrogens is 4. The summed E-state index contributed by atoms with van der Waals surface area (Å²) < 4.78 is 1.76. The molecule has 0 radical (unpaired) electrons. The highest BCUT2D eigenvalue weighted by atomic mass is 35.5. The van der Waals surface area contributed by atoms with Gasteiger partial charge in [-0.15, -0.1) is 10.2 Å². The zero-order chi connectivity index (χ0) is 23.8. The van der Waals surface area contributed by atoms with Gasteiger partial charge >= 0.3 is 0 Å². The predicted molar refractivity (Wildman–Crippen MR) is 135 cm³/mol. The second-order valence-corrected chi connectivity index (χ2v) is 9.35. The molecule has 8 heteroatoms. The van der Waals surface area contributed by atoms with Crippen molar-refractivity contribution >= 4 is 28.8 Å². The van der Waals surface area contributed by atoms with Crippen molar-refractivity contribution in [1.29, 1.82) is 0 Å². The highest BCUT2D eigenvalue weighted by Gasteiger charge is 2.28. The maximum Gasteiger partial charge on any atom is 0.276 e. The zero-order valence-electron chi connectivity index (χ0n) is 19.6. The largest absolute Gasteiger partial charge is 0.368 e. The molecule has 1 aliphatic rings. The second kappa shape index (κ2) is 9.06. The Balaban J connectivity index is 1.46. The number of aryl methyl sites for hydroxylation is 1. The minimum atomic E-state index is -0.106. The van der Waals surface area contributed by atoms with Crippen molar-refractivity contribution in [3.8, 4) is 11.1 Å². The lowest BCUT2D eigenvalue weighted by Crippen LogP contribution is -2.49. The first-order chi connectivity index (χ1) is 16.4. The molecule has 34 heavy (non-hydrogen) atoms. The van der Waals surface area contributed by atoms with Crippen molar-refractivity contribution in [3.05, 3.63) is 76.7 Å². The molecule has 2 aromatic heterocycles. The van der Waals surface area contributed by atoms with Crippen molar-refractivity contribution in [1.82, 2.24) is 24.7 Å². The summed E-state index contributed by atoms with van der Waals surface area (Å²) in [7, 11) is 0. The van der Waals surface area contributed by atoms with E-state index in [1.165, 1.54) is 5.69 Å². The van der Waals surface area contributed by atoms with Crippen LogP contribution in [0.25, 0.3) is 16.8 Å². The number of anilines is 1. The molecular weight excluding hydrogens is 448 g/mol. The van der Waals surface area contributed by atoms with Crippen molar-refractivity contribution in [2.75, 3.05) is 31.1 Å². The summed E-state index contributed by atoms with van der Waals surface area (Å²) in [4.78, 5) is 17.5. The fourth-order valence-electron chi connectivity index (χ4n) is 4.50. The molecule has 0 atom stereocenters. The maximum atomic E-state index is 13.4. The minimum absolute atomic E-state index is 0.106. The molecule has 1 saturated heterocycles. The van der Waals surface area contributed by atoms with Gasteiger partial charge in [-0.3, -0.25) is 4.79 Å². The monoisotopic (exact) mass is 474 g/mol. The van der Waals surface area contributed by atoms with Crippen LogP contribution in [0.2, 0.25) is 5.02 Å². The molecule has 1 fully saturated rings. The lowest BCUT2D eigenvalue weighted by Gasteiger charge is -2.36. The molecule has 5 rings (SSSR count). The lowest BCUT2D eigenvalue weighted by atomic mass is 9.99. The number of nitrogens with zero attached hydrogens (tertiary/aromatic N) is 6. The van der Waals surface area contributed by atoms with Crippen LogP contribution in [-0.2, 0) is 0 Å². The van der Waals surface area contributed by atoms with E-state index in [-0.39, 0.29) is 11.8 Å². The van der Waals surface area contributed by atoms with E-state index < -0.39 is 0 Å². The first kappa shape index (κ1) is 22.3. The molecule has 4 aromatic rings. The summed E-state index contributed by atoms with van der Waals surface area (Å²) in [6.07, 6.45) is 0. The zero-order valence-corrected chi connectivity index (χ0v) is 20.3. The number of para-hydroxylation sites is 1. The molecule has 3 heterocycles. The second-order valence-electron chi connectivity index (χ2n) is 8.91. The standard InChI is InChI=1S/C26H27ClN6O/c1-17(2)23-22(19-8-7-9-20(27)16-19)25-29-28-24(18(3)33(25)30-23)26(34)32-14-12-31(13-15-32)21-10-5-4-6-11-21/h4-11,16-17H,12-15H2,1-3H3. The van der Waals surface area contributed by atoms with Crippen molar-refractivity contribution in [2.24, 2.45) is 0 Å². The number of halogens is 1. The normalized spacial score (nSPS) is 14.3. The quantitative estimate of drug-likeness (QED) is 0.423. The Labute approximate surface area is 204 Å². The van der Waals surface area contributed by atoms with Gasteiger partial charge in [0.2, 0.25) is 0 Å². The van der Waals surface area contributed by atoms with Crippen LogP contribution < -0.4 is 4.90 Å². The van der Waals surface area contributed by atoms with E-state index in [2.05, 4.69) is 41.1 Å². The van der Waals surface area contributed by atoms with E-state index in [1.807, 2.05) is 54.3 Å². The van der Waals surface area contributed by atoms with E-state index >= 15 is 0 Å². The number of carbonyl (C=O) groups is 1. The third-order valence-corrected chi connectivity index (χ3v) is 6.58. The molecule has 0 aliphatic carbocycles. The number of piperazine rings is 1. The van der Waals surface area contributed by atoms with Gasteiger partial charge in [-0.25, -0.2) is 4.52 Å². The van der Waals surface area contributed by atoms with Crippen LogP contribution in [0.1, 0.15) is 41.6 Å². The van der Waals surface area contributed by atoms with Gasteiger partial charge in [-0.1, -0.05) is 55.8 Å². The SMILES string of the molecule is Cc1c(C(=O)N2CCN(c3ccccc3)CC2)nnc2c(-c3cccc(Cl)c3)c(C(C)C)nn12. The third-order valence-electron chi connectivity index (χ3n) is 6.34. The third kappa shape index (κ3) is 4.01. The van der Waals surface area contributed by atoms with Gasteiger partial charge in [0.15, 0.2) is 11.3 Å². The van der Waals surface area contributed by atoms with Gasteiger partial charge < -0.3 is 9.80 Å². The van der Waals surface area contributed by atoms with Crippen molar-refractivity contribution in [3.63, 3.8) is 0 Å². The summed E-state index contributed by atoms with van der Waals surface area (Å²) in [5, 5.41) is 14.4. The van der Waals surface area contributed by atoms with E-state index in [1.54, 1.807) is 4.52 Å². The van der Waals surface area contributed by atoms with Crippen LogP contribution in [0.4, 0.5) is 5.69 Å². The van der Waals surface area contributed by atoms with E-state index in [0.29, 0.717) is 35.1 Å². The van der Waals surface area contributed by atoms with E-state index in [4.69, 9.17) is 16.7 Å². The number of carbonyl (C=O) groups excluding carboxylic acids is 1. The Kier molecular flexibility index (Phi) is 5.96. The van der Waals surface area contributed by atoms with Crippen LogP contribution in [-0.4, -0.2) is 56.8 Å². The molecule has 2 aromatic carbocycles. The average Bonchev–Trinajstić information content (AvgIpc) is 3.26. The Morgan fingerprint density at radius 3 is 2.38 bits per heavy atom. The maximum absolute atomic E-state index is 13.4. The number of hydrogen-bond donors (Lipinski definition) is 0. The highest BCUT2D eigenvalue weighted by molar-refractivity contribution is 6.30. The molecular formula is C26H27ClN6O. The molecule has 1 aliphatic heterocycles. The molecule has 0 unspecified atom stereocenters. The summed E-state index contributed by atoms with van der Waals surface area (Å²) in [6, 6.07) is 17.9. The van der Waals surface area contributed by atoms with Gasteiger partial charge in [-0.05, 0) is 42.7 Å². The van der Waals surface area contributed by atoms with Crippen molar-refractivity contribution in [2.45, 2.75) is 26.7 Å². The Morgan fingerprint density at radius 2 is 1.71 bits per heavy atom. The molecule has 0 spiro atoms. The molecule has 0 bridgehead atoms. The smallest absolute Gasteiger partial charge is 0.276 e. The fraction of sp³-hybridized carbons (Fsp3) is 0.308. The fourth-order valence-corrected chi connectivity index (χ4v) is 4.69. The van der Waals surface area contributed by atoms with Crippen LogP contribution in [0.5, 0.6) is 0 Å². The van der Waals surface area contributed by atoms with E-state index in [9.17, 15) is 4.79 Å². The summed E-state index contributed by atoms with van der Waals surface area (Å²) in [5.74, 6) is 0.0609. The van der Waals surface area contributed by atoms with Gasteiger partial charge in [0, 0.05) is 36.9 Å². The summed E-state index contributed by atoms with van der Waals surface area (Å²) in [6.45, 7) is 8.90. The molecule has 0 saturated carbocycles. The van der Waals surface area contributed by atoms with Gasteiger partial charge in [0.25, 0.3) is 5.91 Å². The number of benzene rings is 2. The van der Waals surface area contributed by atoms with Crippen LogP contribution >= 0.6 is 11.6 Å². The topological polar surface area (TPSA) is 66.6 Å². The Hall–Kier alpha value is -3.45. The van der Waals surface area contributed by atoms with Gasteiger partial charge in [0.05, 0.1) is 17.0 Å². The molecule has 7 nitrogen and oxygen atoms in total. The average molecular weight is 475 g/mol. The van der Waals surface area contributed by atoms with Crippen LogP contribution in [0, 0.1) is 6.92 Å². The van der Waals surface area contributed by atoms with Crippen LogP contribution in [0.15, 0.2) is 54.6 Å².